The Bertz CT molecular complexity index is 705. The van der Waals surface area contributed by atoms with E-state index < -0.39 is 10.9 Å². The molecule has 106 valence electrons. The molecule has 0 radical (unpaired) electrons. The number of benzene rings is 1. The smallest absolute Gasteiger partial charge is 0.0992 e. The molecule has 5 heteroatoms. The number of nitriles is 1. The second-order valence-corrected chi connectivity index (χ2v) is 6.62. The molecular weight excluding hydrogens is 282 g/mol. The highest BCUT2D eigenvalue weighted by Gasteiger charge is 2.45. The van der Waals surface area contributed by atoms with Gasteiger partial charge in [-0.1, -0.05) is 12.1 Å². The van der Waals surface area contributed by atoms with Crippen molar-refractivity contribution in [3.63, 3.8) is 0 Å². The van der Waals surface area contributed by atoms with Crippen molar-refractivity contribution in [1.82, 2.24) is 9.55 Å². The van der Waals surface area contributed by atoms with E-state index in [1.165, 1.54) is 0 Å². The van der Waals surface area contributed by atoms with Crippen molar-refractivity contribution in [3.8, 4) is 6.07 Å². The van der Waals surface area contributed by atoms with Gasteiger partial charge in [-0.25, -0.2) is 4.98 Å². The summed E-state index contributed by atoms with van der Waals surface area (Å²) in [5.74, 6) is 0. The molecule has 2 atom stereocenters. The first kappa shape index (κ1) is 13.9. The van der Waals surface area contributed by atoms with Crippen LogP contribution in [0.25, 0.3) is 0 Å². The van der Waals surface area contributed by atoms with E-state index in [4.69, 9.17) is 5.26 Å². The Hall–Kier alpha value is -2.03. The molecule has 2 heterocycles. The fourth-order valence-electron chi connectivity index (χ4n) is 2.75. The molecule has 0 bridgehead atoms. The molecule has 0 aliphatic carbocycles. The Morgan fingerprint density at radius 3 is 3.10 bits per heavy atom. The van der Waals surface area contributed by atoms with E-state index in [0.29, 0.717) is 18.5 Å². The van der Waals surface area contributed by atoms with Crippen LogP contribution < -0.4 is 0 Å². The standard InChI is InChI=1S/C16H15N3OS/c1-2-5-16(10-19-7-6-18-11-19)15(20)13-4-3-12(9-17)8-14(13)21-16/h2-4,6-8,11,15,20H,1,5,10H2/t15-,16-/m0/s1. The first-order valence-electron chi connectivity index (χ1n) is 6.66. The van der Waals surface area contributed by atoms with Gasteiger partial charge in [-0.3, -0.25) is 0 Å². The van der Waals surface area contributed by atoms with Crippen LogP contribution in [-0.4, -0.2) is 19.4 Å². The van der Waals surface area contributed by atoms with E-state index in [0.717, 1.165) is 10.5 Å². The minimum atomic E-state index is -0.592. The van der Waals surface area contributed by atoms with Crippen molar-refractivity contribution in [2.75, 3.05) is 0 Å². The first-order valence-corrected chi connectivity index (χ1v) is 7.48. The minimum absolute atomic E-state index is 0.404. The van der Waals surface area contributed by atoms with Crippen molar-refractivity contribution >= 4 is 11.8 Å². The summed E-state index contributed by atoms with van der Waals surface area (Å²) in [5, 5.41) is 19.8. The van der Waals surface area contributed by atoms with E-state index in [1.807, 2.05) is 29.0 Å². The fraction of sp³-hybridized carbons (Fsp3) is 0.250. The lowest BCUT2D eigenvalue weighted by atomic mass is 9.91. The van der Waals surface area contributed by atoms with Crippen LogP contribution in [0.5, 0.6) is 0 Å². The van der Waals surface area contributed by atoms with Crippen LogP contribution in [0.1, 0.15) is 23.7 Å². The van der Waals surface area contributed by atoms with Gasteiger partial charge in [0, 0.05) is 23.8 Å². The lowest BCUT2D eigenvalue weighted by Gasteiger charge is -2.31. The van der Waals surface area contributed by atoms with E-state index in [2.05, 4.69) is 17.6 Å². The van der Waals surface area contributed by atoms with E-state index in [9.17, 15) is 5.11 Å². The van der Waals surface area contributed by atoms with Crippen LogP contribution in [0, 0.1) is 11.3 Å². The molecule has 0 fully saturated rings. The third kappa shape index (κ3) is 2.37. The molecule has 0 unspecified atom stereocenters. The van der Waals surface area contributed by atoms with Crippen LogP contribution in [0.2, 0.25) is 0 Å². The SMILES string of the molecule is C=CC[C@@]1(Cn2ccnc2)Sc2cc(C#N)ccc2[C@@H]1O. The van der Waals surface area contributed by atoms with E-state index in [1.54, 1.807) is 30.4 Å². The molecule has 0 saturated heterocycles. The highest BCUT2D eigenvalue weighted by molar-refractivity contribution is 8.01. The highest BCUT2D eigenvalue weighted by atomic mass is 32.2. The van der Waals surface area contributed by atoms with Crippen molar-refractivity contribution < 1.29 is 5.11 Å². The number of aliphatic hydroxyl groups is 1. The van der Waals surface area contributed by atoms with E-state index >= 15 is 0 Å². The summed E-state index contributed by atoms with van der Waals surface area (Å²) in [6.07, 6.45) is 7.29. The third-order valence-electron chi connectivity index (χ3n) is 3.75. The van der Waals surface area contributed by atoms with Gasteiger partial charge in [0.1, 0.15) is 0 Å². The Morgan fingerprint density at radius 2 is 2.43 bits per heavy atom. The average Bonchev–Trinajstić information content (AvgIpc) is 3.07. The molecule has 1 aromatic carbocycles. The van der Waals surface area contributed by atoms with Gasteiger partial charge in [-0.15, -0.1) is 18.3 Å². The van der Waals surface area contributed by atoms with Gasteiger partial charge in [-0.2, -0.15) is 5.26 Å². The van der Waals surface area contributed by atoms with Crippen molar-refractivity contribution in [1.29, 1.82) is 5.26 Å². The Kier molecular flexibility index (Phi) is 3.58. The maximum atomic E-state index is 10.8. The van der Waals surface area contributed by atoms with Gasteiger partial charge in [-0.05, 0) is 24.1 Å². The Balaban J connectivity index is 1.99. The summed E-state index contributed by atoms with van der Waals surface area (Å²) >= 11 is 1.62. The molecule has 2 aromatic rings. The molecule has 3 rings (SSSR count). The minimum Gasteiger partial charge on any atom is -0.387 e. The quantitative estimate of drug-likeness (QED) is 0.881. The zero-order valence-corrected chi connectivity index (χ0v) is 12.3. The maximum absolute atomic E-state index is 10.8. The second kappa shape index (κ2) is 5.40. The summed E-state index contributed by atoms with van der Waals surface area (Å²) in [6.45, 7) is 4.47. The molecule has 1 N–H and O–H groups in total. The molecule has 1 aliphatic heterocycles. The van der Waals surface area contributed by atoms with E-state index in [-0.39, 0.29) is 0 Å². The summed E-state index contributed by atoms with van der Waals surface area (Å²) < 4.78 is 1.57. The predicted molar refractivity (Wildman–Crippen MR) is 81.7 cm³/mol. The number of fused-ring (bicyclic) bond motifs is 1. The van der Waals surface area contributed by atoms with Gasteiger partial charge >= 0.3 is 0 Å². The van der Waals surface area contributed by atoms with Crippen LogP contribution in [0.15, 0.2) is 54.5 Å². The molecule has 0 spiro atoms. The number of hydrogen-bond acceptors (Lipinski definition) is 4. The topological polar surface area (TPSA) is 61.8 Å². The maximum Gasteiger partial charge on any atom is 0.0992 e. The summed E-state index contributed by atoms with van der Waals surface area (Å²) in [6, 6.07) is 7.60. The number of hydrogen-bond donors (Lipinski definition) is 1. The molecule has 4 nitrogen and oxygen atoms in total. The van der Waals surface area contributed by atoms with Gasteiger partial charge in [0.05, 0.1) is 28.8 Å². The molecule has 1 aromatic heterocycles. The van der Waals surface area contributed by atoms with Crippen molar-refractivity contribution in [2.45, 2.75) is 28.7 Å². The monoisotopic (exact) mass is 297 g/mol. The van der Waals surface area contributed by atoms with Crippen LogP contribution in [-0.2, 0) is 6.54 Å². The normalized spacial score (nSPS) is 23.5. The molecular formula is C16H15N3OS. The number of nitrogens with zero attached hydrogens (tertiary/aromatic N) is 3. The lowest BCUT2D eigenvalue weighted by Crippen LogP contribution is -2.33. The molecule has 1 aliphatic rings. The molecule has 0 amide bonds. The highest BCUT2D eigenvalue weighted by Crippen LogP contribution is 2.55. The molecule has 0 saturated carbocycles. The number of rotatable bonds is 4. The third-order valence-corrected chi connectivity index (χ3v) is 5.25. The van der Waals surface area contributed by atoms with Gasteiger partial charge in [0.15, 0.2) is 0 Å². The van der Waals surface area contributed by atoms with Crippen LogP contribution in [0.3, 0.4) is 0 Å². The number of allylic oxidation sites excluding steroid dienone is 1. The summed E-state index contributed by atoms with van der Waals surface area (Å²) in [7, 11) is 0. The Labute approximate surface area is 127 Å². The van der Waals surface area contributed by atoms with Crippen LogP contribution in [0.4, 0.5) is 0 Å². The van der Waals surface area contributed by atoms with Gasteiger partial charge < -0.3 is 9.67 Å². The van der Waals surface area contributed by atoms with Crippen molar-refractivity contribution in [2.24, 2.45) is 0 Å². The largest absolute Gasteiger partial charge is 0.387 e. The second-order valence-electron chi connectivity index (χ2n) is 5.16. The number of thioether (sulfide) groups is 1. The summed E-state index contributed by atoms with van der Waals surface area (Å²) in [5.41, 5.74) is 1.51. The number of aromatic nitrogens is 2. The molecule has 21 heavy (non-hydrogen) atoms. The van der Waals surface area contributed by atoms with Gasteiger partial charge in [0.2, 0.25) is 0 Å². The predicted octanol–water partition coefficient (Wildman–Crippen LogP) is 2.91. The number of aliphatic hydroxyl groups excluding tert-OH is 1. The first-order chi connectivity index (χ1) is 10.2. The van der Waals surface area contributed by atoms with Gasteiger partial charge in [0.25, 0.3) is 0 Å². The van der Waals surface area contributed by atoms with Crippen LogP contribution >= 0.6 is 11.8 Å². The summed E-state index contributed by atoms with van der Waals surface area (Å²) in [4.78, 5) is 5.04. The fourth-order valence-corrected chi connectivity index (χ4v) is 4.32. The zero-order valence-electron chi connectivity index (χ0n) is 11.4. The Morgan fingerprint density at radius 1 is 1.57 bits per heavy atom. The average molecular weight is 297 g/mol. The lowest BCUT2D eigenvalue weighted by molar-refractivity contribution is 0.123. The zero-order chi connectivity index (χ0) is 14.9. The number of imidazole rings is 1. The van der Waals surface area contributed by atoms with Crippen molar-refractivity contribution in [3.05, 3.63) is 60.7 Å².